The van der Waals surface area contributed by atoms with Crippen molar-refractivity contribution in [3.63, 3.8) is 0 Å². The van der Waals surface area contributed by atoms with Crippen LogP contribution in [-0.4, -0.2) is 12.5 Å². The normalized spacial score (nSPS) is 10.0. The van der Waals surface area contributed by atoms with Crippen molar-refractivity contribution in [2.75, 3.05) is 6.54 Å². The van der Waals surface area contributed by atoms with E-state index in [0.717, 1.165) is 24.9 Å². The molecule has 0 aliphatic rings. The van der Waals surface area contributed by atoms with Crippen LogP contribution in [0.5, 0.6) is 0 Å². The van der Waals surface area contributed by atoms with E-state index < -0.39 is 0 Å². The third-order valence-electron chi connectivity index (χ3n) is 2.30. The van der Waals surface area contributed by atoms with Gasteiger partial charge >= 0.3 is 0 Å². The maximum Gasteiger partial charge on any atom is 0.251 e. The first kappa shape index (κ1) is 11.7. The predicted molar refractivity (Wildman–Crippen MR) is 61.6 cm³/mol. The van der Waals surface area contributed by atoms with Crippen LogP contribution < -0.4 is 11.1 Å². The van der Waals surface area contributed by atoms with Gasteiger partial charge in [0, 0.05) is 18.7 Å². The lowest BCUT2D eigenvalue weighted by Gasteiger charge is -2.07. The molecule has 0 aliphatic carbocycles. The average molecular weight is 206 g/mol. The van der Waals surface area contributed by atoms with Gasteiger partial charge in [-0.25, -0.2) is 0 Å². The Morgan fingerprint density at radius 1 is 1.40 bits per heavy atom. The van der Waals surface area contributed by atoms with Gasteiger partial charge in [0.15, 0.2) is 0 Å². The minimum Gasteiger partial charge on any atom is -0.352 e. The number of benzene rings is 1. The number of carbonyl (C=O) groups excluding carboxylic acids is 1. The molecule has 1 amide bonds. The molecule has 0 unspecified atom stereocenters. The van der Waals surface area contributed by atoms with Crippen molar-refractivity contribution in [1.82, 2.24) is 5.32 Å². The van der Waals surface area contributed by atoms with E-state index >= 15 is 0 Å². The Hall–Kier alpha value is -1.35. The molecule has 0 saturated carbocycles. The van der Waals surface area contributed by atoms with Gasteiger partial charge in [-0.15, -0.1) is 0 Å². The molecule has 0 saturated heterocycles. The predicted octanol–water partition coefficient (Wildman–Crippen LogP) is 1.68. The summed E-state index contributed by atoms with van der Waals surface area (Å²) in [6.07, 6.45) is 2.09. The molecule has 0 atom stereocenters. The minimum atomic E-state index is -0.0236. The monoisotopic (exact) mass is 206 g/mol. The van der Waals surface area contributed by atoms with Crippen molar-refractivity contribution in [2.24, 2.45) is 5.73 Å². The van der Waals surface area contributed by atoms with E-state index in [1.54, 1.807) is 0 Å². The maximum absolute atomic E-state index is 11.7. The number of unbranched alkanes of at least 4 members (excludes halogenated alkanes) is 1. The molecule has 1 rings (SSSR count). The quantitative estimate of drug-likeness (QED) is 0.720. The Balaban J connectivity index is 2.64. The summed E-state index contributed by atoms with van der Waals surface area (Å²) in [4.78, 5) is 11.7. The first-order chi connectivity index (χ1) is 7.29. The topological polar surface area (TPSA) is 55.1 Å². The summed E-state index contributed by atoms with van der Waals surface area (Å²) in [5, 5.41) is 2.88. The smallest absolute Gasteiger partial charge is 0.251 e. The zero-order chi connectivity index (χ0) is 11.1. The van der Waals surface area contributed by atoms with Gasteiger partial charge < -0.3 is 11.1 Å². The van der Waals surface area contributed by atoms with Crippen LogP contribution in [0.4, 0.5) is 0 Å². The van der Waals surface area contributed by atoms with E-state index in [-0.39, 0.29) is 5.91 Å². The van der Waals surface area contributed by atoms with Gasteiger partial charge in [-0.05, 0) is 18.1 Å². The summed E-state index contributed by atoms with van der Waals surface area (Å²) in [5.74, 6) is -0.0236. The highest BCUT2D eigenvalue weighted by atomic mass is 16.1. The Labute approximate surface area is 90.7 Å². The van der Waals surface area contributed by atoms with E-state index in [2.05, 4.69) is 12.2 Å². The number of hydrogen-bond donors (Lipinski definition) is 2. The van der Waals surface area contributed by atoms with Crippen LogP contribution in [-0.2, 0) is 6.54 Å². The highest BCUT2D eigenvalue weighted by Gasteiger charge is 2.08. The number of carbonyl (C=O) groups is 1. The summed E-state index contributed by atoms with van der Waals surface area (Å²) in [7, 11) is 0. The van der Waals surface area contributed by atoms with E-state index in [4.69, 9.17) is 5.73 Å². The molecule has 0 fully saturated rings. The van der Waals surface area contributed by atoms with Crippen LogP contribution in [0.1, 0.15) is 35.7 Å². The molecule has 1 aromatic rings. The number of amides is 1. The van der Waals surface area contributed by atoms with E-state index in [1.165, 1.54) is 0 Å². The number of nitrogens with two attached hydrogens (primary N) is 1. The van der Waals surface area contributed by atoms with E-state index in [9.17, 15) is 4.79 Å². The molecule has 15 heavy (non-hydrogen) atoms. The Morgan fingerprint density at radius 3 is 2.80 bits per heavy atom. The fourth-order valence-electron chi connectivity index (χ4n) is 1.39. The zero-order valence-electron chi connectivity index (χ0n) is 9.12. The first-order valence-electron chi connectivity index (χ1n) is 5.35. The maximum atomic E-state index is 11.7. The van der Waals surface area contributed by atoms with Crippen LogP contribution >= 0.6 is 0 Å². The Morgan fingerprint density at radius 2 is 2.13 bits per heavy atom. The first-order valence-corrected chi connectivity index (χ1v) is 5.35. The van der Waals surface area contributed by atoms with Gasteiger partial charge in [0.05, 0.1) is 0 Å². The lowest BCUT2D eigenvalue weighted by Crippen LogP contribution is -2.25. The molecule has 0 aromatic heterocycles. The SMILES string of the molecule is CCCCNC(=O)c1ccccc1CN. The van der Waals surface area contributed by atoms with Crippen LogP contribution in [0.25, 0.3) is 0 Å². The van der Waals surface area contributed by atoms with Crippen molar-refractivity contribution >= 4 is 5.91 Å². The van der Waals surface area contributed by atoms with Crippen molar-refractivity contribution in [3.8, 4) is 0 Å². The molecule has 0 bridgehead atoms. The molecule has 82 valence electrons. The summed E-state index contributed by atoms with van der Waals surface area (Å²) in [5.41, 5.74) is 7.15. The summed E-state index contributed by atoms with van der Waals surface area (Å²) >= 11 is 0. The molecule has 3 nitrogen and oxygen atoms in total. The summed E-state index contributed by atoms with van der Waals surface area (Å²) in [6, 6.07) is 7.44. The van der Waals surface area contributed by atoms with Crippen molar-refractivity contribution in [1.29, 1.82) is 0 Å². The van der Waals surface area contributed by atoms with Gasteiger partial charge in [0.2, 0.25) is 0 Å². The second-order valence-corrected chi connectivity index (χ2v) is 3.47. The summed E-state index contributed by atoms with van der Waals surface area (Å²) in [6.45, 7) is 3.23. The molecular formula is C12H18N2O. The second-order valence-electron chi connectivity index (χ2n) is 3.47. The van der Waals surface area contributed by atoms with Crippen LogP contribution in [0.15, 0.2) is 24.3 Å². The number of rotatable bonds is 5. The molecule has 0 heterocycles. The van der Waals surface area contributed by atoms with Crippen molar-refractivity contribution in [2.45, 2.75) is 26.3 Å². The third-order valence-corrected chi connectivity index (χ3v) is 2.30. The van der Waals surface area contributed by atoms with Crippen LogP contribution in [0, 0.1) is 0 Å². The second kappa shape index (κ2) is 6.19. The standard InChI is InChI=1S/C12H18N2O/c1-2-3-8-14-12(15)11-7-5-4-6-10(11)9-13/h4-7H,2-3,8-9,13H2,1H3,(H,14,15). The molecule has 0 radical (unpaired) electrons. The zero-order valence-corrected chi connectivity index (χ0v) is 9.12. The van der Waals surface area contributed by atoms with Gasteiger partial charge in [-0.3, -0.25) is 4.79 Å². The molecule has 0 aliphatic heterocycles. The van der Waals surface area contributed by atoms with Gasteiger partial charge in [-0.2, -0.15) is 0 Å². The lowest BCUT2D eigenvalue weighted by atomic mass is 10.1. The van der Waals surface area contributed by atoms with Crippen LogP contribution in [0.3, 0.4) is 0 Å². The van der Waals surface area contributed by atoms with Gasteiger partial charge in [0.1, 0.15) is 0 Å². The summed E-state index contributed by atoms with van der Waals surface area (Å²) < 4.78 is 0. The Bertz CT molecular complexity index is 323. The lowest BCUT2D eigenvalue weighted by molar-refractivity contribution is 0.0952. The fourth-order valence-corrected chi connectivity index (χ4v) is 1.39. The molecular weight excluding hydrogens is 188 g/mol. The average Bonchev–Trinajstić information content (AvgIpc) is 2.29. The highest BCUT2D eigenvalue weighted by Crippen LogP contribution is 2.07. The number of hydrogen-bond acceptors (Lipinski definition) is 2. The minimum absolute atomic E-state index is 0.0236. The molecule has 3 heteroatoms. The Kier molecular flexibility index (Phi) is 4.84. The van der Waals surface area contributed by atoms with E-state index in [0.29, 0.717) is 12.1 Å². The highest BCUT2D eigenvalue weighted by molar-refractivity contribution is 5.95. The fraction of sp³-hybridized carbons (Fsp3) is 0.417. The van der Waals surface area contributed by atoms with Crippen molar-refractivity contribution < 1.29 is 4.79 Å². The van der Waals surface area contributed by atoms with E-state index in [1.807, 2.05) is 24.3 Å². The third kappa shape index (κ3) is 3.36. The molecule has 0 spiro atoms. The molecule has 1 aromatic carbocycles. The largest absolute Gasteiger partial charge is 0.352 e. The van der Waals surface area contributed by atoms with Gasteiger partial charge in [0.25, 0.3) is 5.91 Å². The van der Waals surface area contributed by atoms with Crippen molar-refractivity contribution in [3.05, 3.63) is 35.4 Å². The van der Waals surface area contributed by atoms with Crippen LogP contribution in [0.2, 0.25) is 0 Å². The molecule has 3 N–H and O–H groups in total. The number of nitrogens with one attached hydrogen (secondary N) is 1. The van der Waals surface area contributed by atoms with Gasteiger partial charge in [-0.1, -0.05) is 31.5 Å².